The molecule has 3 fully saturated rings. The van der Waals surface area contributed by atoms with E-state index in [1.54, 1.807) is 0 Å². The van der Waals surface area contributed by atoms with Crippen molar-refractivity contribution in [3.8, 4) is 0 Å². The zero-order valence-electron chi connectivity index (χ0n) is 10.5. The van der Waals surface area contributed by atoms with E-state index < -0.39 is 0 Å². The van der Waals surface area contributed by atoms with E-state index in [0.717, 1.165) is 11.3 Å². The van der Waals surface area contributed by atoms with Crippen LogP contribution < -0.4 is 5.32 Å². The van der Waals surface area contributed by atoms with Crippen LogP contribution in [0, 0.1) is 11.3 Å². The molecule has 0 atom stereocenters. The summed E-state index contributed by atoms with van der Waals surface area (Å²) in [5.74, 6) is 0.973. The molecule has 16 heavy (non-hydrogen) atoms. The van der Waals surface area contributed by atoms with Gasteiger partial charge in [0.25, 0.3) is 0 Å². The van der Waals surface area contributed by atoms with Gasteiger partial charge in [0.05, 0.1) is 0 Å². The molecule has 0 aromatic heterocycles. The topological polar surface area (TPSA) is 18.5 Å². The second kappa shape index (κ2) is 4.28. The van der Waals surface area contributed by atoms with Crippen molar-refractivity contribution in [1.29, 1.82) is 0 Å². The van der Waals surface area contributed by atoms with E-state index >= 15 is 0 Å². The Kier molecular flexibility index (Phi) is 2.94. The van der Waals surface area contributed by atoms with Crippen molar-refractivity contribution in [2.75, 3.05) is 52.4 Å². The lowest BCUT2D eigenvalue weighted by molar-refractivity contribution is -0.117. The van der Waals surface area contributed by atoms with E-state index in [9.17, 15) is 0 Å². The van der Waals surface area contributed by atoms with E-state index in [1.807, 2.05) is 0 Å². The molecule has 0 unspecified atom stereocenters. The zero-order chi connectivity index (χ0) is 11.0. The summed E-state index contributed by atoms with van der Waals surface area (Å²) in [6.45, 7) is 12.9. The van der Waals surface area contributed by atoms with E-state index in [1.165, 1.54) is 65.2 Å². The SMILES string of the molecule is CCN1CC2(C1)CN(CC1CCNCC1)C2. The van der Waals surface area contributed by atoms with Crippen LogP contribution in [0.3, 0.4) is 0 Å². The number of hydrogen-bond acceptors (Lipinski definition) is 3. The van der Waals surface area contributed by atoms with Gasteiger partial charge in [-0.1, -0.05) is 6.92 Å². The van der Waals surface area contributed by atoms with Crippen LogP contribution in [0.25, 0.3) is 0 Å². The van der Waals surface area contributed by atoms with Crippen molar-refractivity contribution in [3.63, 3.8) is 0 Å². The number of rotatable bonds is 3. The summed E-state index contributed by atoms with van der Waals surface area (Å²) in [5.41, 5.74) is 0.725. The van der Waals surface area contributed by atoms with E-state index in [2.05, 4.69) is 22.0 Å². The van der Waals surface area contributed by atoms with Crippen molar-refractivity contribution in [2.24, 2.45) is 11.3 Å². The Morgan fingerprint density at radius 3 is 2.31 bits per heavy atom. The average Bonchev–Trinajstić information content (AvgIpc) is 2.21. The van der Waals surface area contributed by atoms with Crippen LogP contribution in [0.5, 0.6) is 0 Å². The summed E-state index contributed by atoms with van der Waals surface area (Å²) in [7, 11) is 0. The highest BCUT2D eigenvalue weighted by molar-refractivity contribution is 5.05. The first kappa shape index (κ1) is 11.0. The van der Waals surface area contributed by atoms with Crippen molar-refractivity contribution in [3.05, 3.63) is 0 Å². The smallest absolute Gasteiger partial charge is 0.0212 e. The molecule has 3 aliphatic rings. The minimum atomic E-state index is 0.725. The molecule has 0 saturated carbocycles. The first-order valence-electron chi connectivity index (χ1n) is 6.95. The van der Waals surface area contributed by atoms with Gasteiger partial charge < -0.3 is 15.1 Å². The molecule has 1 N–H and O–H groups in total. The molecule has 0 aromatic rings. The van der Waals surface area contributed by atoms with Gasteiger partial charge in [0.2, 0.25) is 0 Å². The van der Waals surface area contributed by atoms with Gasteiger partial charge in [-0.05, 0) is 38.4 Å². The van der Waals surface area contributed by atoms with Crippen LogP contribution in [0.15, 0.2) is 0 Å². The largest absolute Gasteiger partial charge is 0.317 e. The Labute approximate surface area is 99.2 Å². The maximum atomic E-state index is 3.45. The van der Waals surface area contributed by atoms with Crippen LogP contribution in [0.4, 0.5) is 0 Å². The Balaban J connectivity index is 1.38. The molecule has 3 nitrogen and oxygen atoms in total. The molecule has 3 saturated heterocycles. The molecule has 92 valence electrons. The van der Waals surface area contributed by atoms with Crippen LogP contribution in [-0.2, 0) is 0 Å². The van der Waals surface area contributed by atoms with E-state index in [0.29, 0.717) is 0 Å². The van der Waals surface area contributed by atoms with Crippen molar-refractivity contribution in [1.82, 2.24) is 15.1 Å². The van der Waals surface area contributed by atoms with Gasteiger partial charge in [-0.2, -0.15) is 0 Å². The molecule has 0 radical (unpaired) electrons. The quantitative estimate of drug-likeness (QED) is 0.757. The number of likely N-dealkylation sites (tertiary alicyclic amines) is 2. The second-order valence-electron chi connectivity index (χ2n) is 6.17. The molecule has 3 aliphatic heterocycles. The molecule has 0 aromatic carbocycles. The minimum absolute atomic E-state index is 0.725. The molecule has 3 heterocycles. The lowest BCUT2D eigenvalue weighted by Crippen LogP contribution is -2.72. The molecule has 1 spiro atoms. The van der Waals surface area contributed by atoms with Crippen molar-refractivity contribution < 1.29 is 0 Å². The third-order valence-electron chi connectivity index (χ3n) is 4.66. The molecular formula is C13H25N3. The van der Waals surface area contributed by atoms with Crippen LogP contribution in [0.1, 0.15) is 19.8 Å². The normalized spacial score (nSPS) is 31.3. The van der Waals surface area contributed by atoms with Gasteiger partial charge in [-0.3, -0.25) is 0 Å². The highest BCUT2D eigenvalue weighted by Crippen LogP contribution is 2.39. The van der Waals surface area contributed by atoms with Crippen molar-refractivity contribution in [2.45, 2.75) is 19.8 Å². The highest BCUT2D eigenvalue weighted by Gasteiger charge is 2.50. The highest BCUT2D eigenvalue weighted by atomic mass is 15.3. The second-order valence-corrected chi connectivity index (χ2v) is 6.17. The van der Waals surface area contributed by atoms with E-state index in [4.69, 9.17) is 0 Å². The monoisotopic (exact) mass is 223 g/mol. The van der Waals surface area contributed by atoms with Gasteiger partial charge >= 0.3 is 0 Å². The summed E-state index contributed by atoms with van der Waals surface area (Å²) < 4.78 is 0. The fourth-order valence-corrected chi connectivity index (χ4v) is 3.79. The molecule has 3 rings (SSSR count). The first-order valence-corrected chi connectivity index (χ1v) is 6.95. The molecule has 3 heteroatoms. The fourth-order valence-electron chi connectivity index (χ4n) is 3.79. The summed E-state index contributed by atoms with van der Waals surface area (Å²) in [6, 6.07) is 0. The number of hydrogen-bond donors (Lipinski definition) is 1. The predicted molar refractivity (Wildman–Crippen MR) is 66.6 cm³/mol. The molecule has 0 aliphatic carbocycles. The molecule has 0 bridgehead atoms. The third-order valence-corrected chi connectivity index (χ3v) is 4.66. The maximum Gasteiger partial charge on any atom is 0.0212 e. The number of piperidine rings is 1. The Hall–Kier alpha value is -0.120. The van der Waals surface area contributed by atoms with Gasteiger partial charge in [0, 0.05) is 38.1 Å². The van der Waals surface area contributed by atoms with Crippen LogP contribution >= 0.6 is 0 Å². The summed E-state index contributed by atoms with van der Waals surface area (Å²) in [4.78, 5) is 5.27. The van der Waals surface area contributed by atoms with Crippen LogP contribution in [-0.4, -0.2) is 62.2 Å². The maximum absolute atomic E-state index is 3.45. The van der Waals surface area contributed by atoms with Gasteiger partial charge in [0.15, 0.2) is 0 Å². The fraction of sp³-hybridized carbons (Fsp3) is 1.00. The number of nitrogens with one attached hydrogen (secondary N) is 1. The summed E-state index contributed by atoms with van der Waals surface area (Å²) in [5, 5.41) is 3.45. The molecular weight excluding hydrogens is 198 g/mol. The van der Waals surface area contributed by atoms with E-state index in [-0.39, 0.29) is 0 Å². The Morgan fingerprint density at radius 2 is 1.69 bits per heavy atom. The minimum Gasteiger partial charge on any atom is -0.317 e. The zero-order valence-corrected chi connectivity index (χ0v) is 10.5. The molecule has 0 amide bonds. The van der Waals surface area contributed by atoms with Gasteiger partial charge in [0.1, 0.15) is 0 Å². The Morgan fingerprint density at radius 1 is 1.06 bits per heavy atom. The van der Waals surface area contributed by atoms with Crippen molar-refractivity contribution >= 4 is 0 Å². The number of nitrogens with zero attached hydrogens (tertiary/aromatic N) is 2. The summed E-state index contributed by atoms with van der Waals surface area (Å²) >= 11 is 0. The first-order chi connectivity index (χ1) is 7.80. The van der Waals surface area contributed by atoms with Gasteiger partial charge in [-0.25, -0.2) is 0 Å². The van der Waals surface area contributed by atoms with Crippen LogP contribution in [0.2, 0.25) is 0 Å². The lowest BCUT2D eigenvalue weighted by Gasteiger charge is -2.61. The lowest BCUT2D eigenvalue weighted by atomic mass is 9.72. The predicted octanol–water partition coefficient (Wildman–Crippen LogP) is 0.623. The average molecular weight is 223 g/mol. The third kappa shape index (κ3) is 2.01. The Bertz CT molecular complexity index is 234. The van der Waals surface area contributed by atoms with Gasteiger partial charge in [-0.15, -0.1) is 0 Å². The standard InChI is InChI=1S/C13H25N3/c1-2-15-8-13(9-15)10-16(11-13)7-12-3-5-14-6-4-12/h12,14H,2-11H2,1H3. The summed E-state index contributed by atoms with van der Waals surface area (Å²) in [6.07, 6.45) is 2.79.